The third-order valence-electron chi connectivity index (χ3n) is 0.295. The van der Waals surface area contributed by atoms with Crippen LogP contribution in [0, 0.1) is 4.86 Å². The summed E-state index contributed by atoms with van der Waals surface area (Å²) in [4.78, 5) is 5.61. The number of rotatable bonds is 0. The Morgan fingerprint density at radius 1 is 1.67 bits per heavy atom. The minimum absolute atomic E-state index is 0. The molecule has 0 aromatic rings. The Balaban J connectivity index is 0.000000250. The molecule has 0 amide bonds. The Hall–Kier alpha value is 2.30. The fourth-order valence-corrected chi connectivity index (χ4v) is 20.3. The van der Waals surface area contributed by atoms with E-state index >= 15 is 0 Å². The average molecular weight is 342 g/mol. The Morgan fingerprint density at radius 3 is 2.67 bits per heavy atom. The van der Waals surface area contributed by atoms with Crippen LogP contribution in [0.4, 0.5) is 0 Å². The zero-order valence-corrected chi connectivity index (χ0v) is 11.3. The van der Waals surface area contributed by atoms with Gasteiger partial charge in [-0.2, -0.15) is 0 Å². The first-order valence-electron chi connectivity index (χ1n) is 1.22. The molecular weight excluding hydrogens is 340 g/mol. The van der Waals surface area contributed by atoms with E-state index in [2.05, 4.69) is 9.73 Å². The van der Waals surface area contributed by atoms with Crippen molar-refractivity contribution in [2.45, 2.75) is 0 Å². The smallest absolute Gasteiger partial charge is 0 e. The van der Waals surface area contributed by atoms with Crippen LogP contribution in [-0.2, 0) is 26.2 Å². The van der Waals surface area contributed by atoms with Crippen LogP contribution in [0.15, 0.2) is 4.86 Å². The molecule has 1 heterocycles. The van der Waals surface area contributed by atoms with E-state index in [4.69, 9.17) is 0 Å². The molecule has 0 radical (unpaired) electrons. The second-order valence-electron chi connectivity index (χ2n) is 0.603. The summed E-state index contributed by atoms with van der Waals surface area (Å²) in [5.41, 5.74) is 0. The first kappa shape index (κ1) is 8.30. The molecule has 30 valence electrons. The molecule has 0 bridgehead atoms. The van der Waals surface area contributed by atoms with Crippen molar-refractivity contribution in [2.75, 3.05) is 0 Å². The number of hydrogen-bond donors (Lipinski definition) is 0. The third kappa shape index (κ3) is 3.32. The molecule has 0 aromatic carbocycles. The second-order valence-corrected chi connectivity index (χ2v) is 21.6. The second kappa shape index (κ2) is 5.44. The maximum absolute atomic E-state index is 3.29. The van der Waals surface area contributed by atoms with Gasteiger partial charge in [-0.25, -0.2) is 0 Å². The standard InChI is InChI=1S/C2H2As3.Zr/c1-2-4-5-3-1;/h1,3H;/q-1;. The van der Waals surface area contributed by atoms with Crippen molar-refractivity contribution >= 4 is 37.9 Å². The van der Waals surface area contributed by atoms with Crippen LogP contribution >= 0.6 is 0 Å². The molecule has 6 heavy (non-hydrogen) atoms. The predicted molar refractivity (Wildman–Crippen MR) is 26.5 cm³/mol. The average Bonchev–Trinajstić information content (AvgIpc) is 1.76. The Morgan fingerprint density at radius 2 is 2.50 bits per heavy atom. The molecule has 1 rings (SSSR count). The molecule has 1 aliphatic heterocycles. The van der Waals surface area contributed by atoms with Crippen LogP contribution in [0.5, 0.6) is 0 Å². The van der Waals surface area contributed by atoms with E-state index in [1.807, 2.05) is 0 Å². The normalized spacial score (nSPS) is 24.0. The molecular formula is C2H2As3Zr-. The van der Waals surface area contributed by atoms with Crippen molar-refractivity contribution in [2.24, 2.45) is 0 Å². The van der Waals surface area contributed by atoms with Crippen molar-refractivity contribution in [1.82, 2.24) is 0 Å². The molecule has 0 aromatic heterocycles. The summed E-state index contributed by atoms with van der Waals surface area (Å²) in [6.45, 7) is 0. The van der Waals surface area contributed by atoms with Gasteiger partial charge in [0.15, 0.2) is 0 Å². The van der Waals surface area contributed by atoms with Crippen molar-refractivity contribution in [1.29, 1.82) is 0 Å². The van der Waals surface area contributed by atoms with Crippen LogP contribution in [0.3, 0.4) is 0 Å². The predicted octanol–water partition coefficient (Wildman–Crippen LogP) is -1.05. The van der Waals surface area contributed by atoms with E-state index in [0.717, 1.165) is 11.1 Å². The van der Waals surface area contributed by atoms with Gasteiger partial charge in [0.1, 0.15) is 0 Å². The van der Waals surface area contributed by atoms with Gasteiger partial charge in [0.05, 0.1) is 0 Å². The van der Waals surface area contributed by atoms with E-state index in [-0.39, 0.29) is 26.2 Å². The van der Waals surface area contributed by atoms with Gasteiger partial charge < -0.3 is 0 Å². The fraction of sp³-hybridized carbons (Fsp3) is 0. The van der Waals surface area contributed by atoms with Crippen molar-refractivity contribution in [3.05, 3.63) is 9.73 Å². The first-order chi connectivity index (χ1) is 2.50. The Bertz CT molecular complexity index is 66.9. The minimum atomic E-state index is 0. The molecule has 1 unspecified atom stereocenters. The summed E-state index contributed by atoms with van der Waals surface area (Å²) < 4.78 is 0. The summed E-state index contributed by atoms with van der Waals surface area (Å²) in [5.74, 6) is 0. The van der Waals surface area contributed by atoms with Gasteiger partial charge in [-0.15, -0.1) is 0 Å². The summed E-state index contributed by atoms with van der Waals surface area (Å²) in [6.07, 6.45) is 0. The van der Waals surface area contributed by atoms with Gasteiger partial charge in [0.25, 0.3) is 0 Å². The molecule has 1 atom stereocenters. The van der Waals surface area contributed by atoms with Crippen molar-refractivity contribution in [3.63, 3.8) is 0 Å². The van der Waals surface area contributed by atoms with Crippen molar-refractivity contribution < 1.29 is 26.2 Å². The van der Waals surface area contributed by atoms with Crippen LogP contribution in [0.1, 0.15) is 0 Å². The Kier molecular flexibility index (Phi) is 7.52. The largest absolute Gasteiger partial charge is 0 e. The van der Waals surface area contributed by atoms with Gasteiger partial charge in [-0.3, -0.25) is 0 Å². The van der Waals surface area contributed by atoms with Gasteiger partial charge >= 0.3 is 47.6 Å². The third-order valence-corrected chi connectivity index (χ3v) is 20.2. The van der Waals surface area contributed by atoms with Crippen LogP contribution in [0.2, 0.25) is 0 Å². The first-order valence-corrected chi connectivity index (χ1v) is 14.4. The molecule has 0 spiro atoms. The van der Waals surface area contributed by atoms with E-state index in [0.29, 0.717) is 26.8 Å². The quantitative estimate of drug-likeness (QED) is 0.389. The monoisotopic (exact) mass is 341 g/mol. The maximum Gasteiger partial charge on any atom is 0 e. The van der Waals surface area contributed by atoms with Crippen LogP contribution in [0.25, 0.3) is 0 Å². The van der Waals surface area contributed by atoms with E-state index < -0.39 is 0 Å². The summed E-state index contributed by atoms with van der Waals surface area (Å²) in [6, 6.07) is 0. The summed E-state index contributed by atoms with van der Waals surface area (Å²) in [7, 11) is 0. The molecule has 0 saturated heterocycles. The van der Waals surface area contributed by atoms with Gasteiger partial charge in [0.2, 0.25) is 0 Å². The van der Waals surface area contributed by atoms with Crippen LogP contribution in [-0.4, -0.2) is 37.9 Å². The minimum Gasteiger partial charge on any atom is 0 e. The number of hydrogen-bond acceptors (Lipinski definition) is 0. The maximum atomic E-state index is 3.29. The molecule has 1 aliphatic rings. The zero-order valence-electron chi connectivity index (χ0n) is 2.97. The van der Waals surface area contributed by atoms with E-state index in [1.54, 1.807) is 0 Å². The molecule has 0 fully saturated rings. The molecule has 0 aliphatic carbocycles. The molecule has 0 N–H and O–H groups in total. The summed E-state index contributed by atoms with van der Waals surface area (Å²) in [5, 5.41) is 0. The van der Waals surface area contributed by atoms with Crippen LogP contribution < -0.4 is 0 Å². The van der Waals surface area contributed by atoms with Gasteiger partial charge in [-0.05, 0) is 0 Å². The van der Waals surface area contributed by atoms with E-state index in [9.17, 15) is 0 Å². The van der Waals surface area contributed by atoms with E-state index in [1.165, 1.54) is 0 Å². The Labute approximate surface area is 72.6 Å². The van der Waals surface area contributed by atoms with Gasteiger partial charge in [0, 0.05) is 26.2 Å². The zero-order chi connectivity index (χ0) is 3.54. The topological polar surface area (TPSA) is 0 Å². The summed E-state index contributed by atoms with van der Waals surface area (Å²) >= 11 is 2.14. The van der Waals surface area contributed by atoms with Gasteiger partial charge in [-0.1, -0.05) is 0 Å². The fourth-order valence-electron chi connectivity index (χ4n) is 0.144. The SMILES string of the molecule is [C-]1=C[AsH][As]=[As]1.[Zr]. The molecule has 0 nitrogen and oxygen atoms in total. The molecule has 0 saturated carbocycles. The van der Waals surface area contributed by atoms with Crippen molar-refractivity contribution in [3.8, 4) is 0 Å². The molecule has 4 heteroatoms.